The summed E-state index contributed by atoms with van der Waals surface area (Å²) in [5.74, 6) is 0.0999. The van der Waals surface area contributed by atoms with E-state index in [1.54, 1.807) is 6.08 Å². The highest BCUT2D eigenvalue weighted by Crippen LogP contribution is 2.18. The smallest absolute Gasteiger partial charge is 0.246 e. The second-order valence-corrected chi connectivity index (χ2v) is 8.05. The molecule has 0 unspecified atom stereocenters. The molecule has 0 aromatic heterocycles. The summed E-state index contributed by atoms with van der Waals surface area (Å²) in [7, 11) is 0. The Morgan fingerprint density at radius 1 is 1.10 bits per heavy atom. The minimum absolute atomic E-state index is 0.0134. The molecule has 0 aliphatic carbocycles. The predicted molar refractivity (Wildman–Crippen MR) is 127 cm³/mol. The minimum atomic E-state index is -0.0174. The number of nitrogens with one attached hydrogen (secondary N) is 1. The Labute approximate surface area is 185 Å². The van der Waals surface area contributed by atoms with E-state index in [0.29, 0.717) is 32.5 Å². The van der Waals surface area contributed by atoms with E-state index in [-0.39, 0.29) is 17.7 Å². The Balaban J connectivity index is 1.40. The van der Waals surface area contributed by atoms with Crippen LogP contribution < -0.4 is 10.2 Å². The number of hydrogen-bond acceptors (Lipinski definition) is 3. The third kappa shape index (κ3) is 6.71. The molecule has 1 aliphatic heterocycles. The monoisotopic (exact) mass is 419 g/mol. The molecule has 1 saturated heterocycles. The Kier molecular flexibility index (Phi) is 8.27. The predicted octanol–water partition coefficient (Wildman–Crippen LogP) is 3.89. The molecular formula is C26H33N3O2. The van der Waals surface area contributed by atoms with Gasteiger partial charge in [-0.1, -0.05) is 42.5 Å². The van der Waals surface area contributed by atoms with Gasteiger partial charge in [-0.3, -0.25) is 9.59 Å². The van der Waals surface area contributed by atoms with Crippen LogP contribution in [0.1, 0.15) is 30.9 Å². The Morgan fingerprint density at radius 3 is 2.52 bits per heavy atom. The zero-order valence-electron chi connectivity index (χ0n) is 18.6. The SMILES string of the molecule is CCN(CCNC(=O)C1CCN(C(=O)/C=C/c2ccccc2)CC1)c1cccc(C)c1. The fraction of sp³-hybridized carbons (Fsp3) is 0.385. The molecular weight excluding hydrogens is 386 g/mol. The first-order chi connectivity index (χ1) is 15.1. The van der Waals surface area contributed by atoms with E-state index in [1.807, 2.05) is 41.3 Å². The van der Waals surface area contributed by atoms with E-state index >= 15 is 0 Å². The van der Waals surface area contributed by atoms with Crippen molar-refractivity contribution in [3.8, 4) is 0 Å². The van der Waals surface area contributed by atoms with E-state index < -0.39 is 0 Å². The van der Waals surface area contributed by atoms with Crippen molar-refractivity contribution in [1.29, 1.82) is 0 Å². The Bertz CT molecular complexity index is 887. The van der Waals surface area contributed by atoms with Crippen LogP contribution in [0.2, 0.25) is 0 Å². The van der Waals surface area contributed by atoms with Gasteiger partial charge in [0.1, 0.15) is 0 Å². The lowest BCUT2D eigenvalue weighted by Gasteiger charge is -2.31. The number of aryl methyl sites for hydroxylation is 1. The zero-order valence-corrected chi connectivity index (χ0v) is 18.6. The molecule has 2 aromatic rings. The van der Waals surface area contributed by atoms with E-state index in [4.69, 9.17) is 0 Å². The number of amides is 2. The van der Waals surface area contributed by atoms with Gasteiger partial charge >= 0.3 is 0 Å². The molecule has 5 nitrogen and oxygen atoms in total. The molecule has 0 spiro atoms. The van der Waals surface area contributed by atoms with Gasteiger partial charge in [-0.25, -0.2) is 0 Å². The number of likely N-dealkylation sites (N-methyl/N-ethyl adjacent to an activating group) is 1. The molecule has 1 aliphatic rings. The van der Waals surface area contributed by atoms with Crippen LogP contribution in [-0.4, -0.2) is 49.4 Å². The number of anilines is 1. The van der Waals surface area contributed by atoms with Gasteiger partial charge in [0.25, 0.3) is 0 Å². The third-order valence-corrected chi connectivity index (χ3v) is 5.82. The van der Waals surface area contributed by atoms with Gasteiger partial charge in [0.15, 0.2) is 0 Å². The highest BCUT2D eigenvalue weighted by molar-refractivity contribution is 5.92. The summed E-state index contributed by atoms with van der Waals surface area (Å²) < 4.78 is 0. The Morgan fingerprint density at radius 2 is 1.84 bits per heavy atom. The van der Waals surface area contributed by atoms with Gasteiger partial charge in [0.05, 0.1) is 0 Å². The van der Waals surface area contributed by atoms with Gasteiger partial charge in [-0.15, -0.1) is 0 Å². The van der Waals surface area contributed by atoms with Gasteiger partial charge < -0.3 is 15.1 Å². The van der Waals surface area contributed by atoms with Crippen LogP contribution in [0.4, 0.5) is 5.69 Å². The van der Waals surface area contributed by atoms with Crippen molar-refractivity contribution in [2.45, 2.75) is 26.7 Å². The van der Waals surface area contributed by atoms with Crippen molar-refractivity contribution in [2.24, 2.45) is 5.92 Å². The standard InChI is InChI=1S/C26H33N3O2/c1-3-28(24-11-7-8-21(2)20-24)19-16-27-26(31)23-14-17-29(18-15-23)25(30)13-12-22-9-5-4-6-10-22/h4-13,20,23H,3,14-19H2,1-2H3,(H,27,31)/b13-12+. The van der Waals surface area contributed by atoms with Crippen molar-refractivity contribution in [2.75, 3.05) is 37.6 Å². The van der Waals surface area contributed by atoms with E-state index in [2.05, 4.69) is 48.3 Å². The average molecular weight is 420 g/mol. The normalized spacial score (nSPS) is 14.6. The van der Waals surface area contributed by atoms with E-state index in [9.17, 15) is 9.59 Å². The van der Waals surface area contributed by atoms with Crippen molar-refractivity contribution >= 4 is 23.6 Å². The fourth-order valence-electron chi connectivity index (χ4n) is 3.95. The summed E-state index contributed by atoms with van der Waals surface area (Å²) in [5.41, 5.74) is 3.43. The molecule has 1 N–H and O–H groups in total. The number of piperidine rings is 1. The van der Waals surface area contributed by atoms with Crippen LogP contribution in [-0.2, 0) is 9.59 Å². The Hall–Kier alpha value is -3.08. The van der Waals surface area contributed by atoms with Gasteiger partial charge in [-0.2, -0.15) is 0 Å². The molecule has 2 aromatic carbocycles. The van der Waals surface area contributed by atoms with Crippen molar-refractivity contribution in [3.63, 3.8) is 0 Å². The summed E-state index contributed by atoms with van der Waals surface area (Å²) in [6.07, 6.45) is 4.90. The maximum atomic E-state index is 12.6. The quantitative estimate of drug-likeness (QED) is 0.661. The lowest BCUT2D eigenvalue weighted by Crippen LogP contribution is -2.44. The second-order valence-electron chi connectivity index (χ2n) is 8.05. The fourth-order valence-corrected chi connectivity index (χ4v) is 3.95. The van der Waals surface area contributed by atoms with Crippen LogP contribution >= 0.6 is 0 Å². The molecule has 1 heterocycles. The van der Waals surface area contributed by atoms with Crippen molar-refractivity contribution < 1.29 is 9.59 Å². The van der Waals surface area contributed by atoms with Crippen LogP contribution in [0.25, 0.3) is 6.08 Å². The summed E-state index contributed by atoms with van der Waals surface area (Å²) in [5, 5.41) is 3.09. The number of likely N-dealkylation sites (tertiary alicyclic amines) is 1. The van der Waals surface area contributed by atoms with Crippen LogP contribution in [0.3, 0.4) is 0 Å². The molecule has 0 saturated carbocycles. The lowest BCUT2D eigenvalue weighted by atomic mass is 9.96. The van der Waals surface area contributed by atoms with Crippen LogP contribution in [0.5, 0.6) is 0 Å². The van der Waals surface area contributed by atoms with Gasteiger partial charge in [-0.05, 0) is 56.0 Å². The molecule has 0 atom stereocenters. The molecule has 0 radical (unpaired) electrons. The average Bonchev–Trinajstić information content (AvgIpc) is 2.81. The lowest BCUT2D eigenvalue weighted by molar-refractivity contribution is -0.132. The number of carbonyl (C=O) groups excluding carboxylic acids is 2. The molecule has 1 fully saturated rings. The van der Waals surface area contributed by atoms with Crippen LogP contribution in [0, 0.1) is 12.8 Å². The number of nitrogens with zero attached hydrogens (tertiary/aromatic N) is 2. The van der Waals surface area contributed by atoms with Crippen molar-refractivity contribution in [3.05, 3.63) is 71.8 Å². The number of carbonyl (C=O) groups is 2. The zero-order chi connectivity index (χ0) is 22.1. The first kappa shape index (κ1) is 22.6. The molecule has 3 rings (SSSR count). The number of rotatable bonds is 8. The summed E-state index contributed by atoms with van der Waals surface area (Å²) in [6, 6.07) is 18.2. The number of benzene rings is 2. The maximum absolute atomic E-state index is 12.6. The van der Waals surface area contributed by atoms with E-state index in [0.717, 1.165) is 18.7 Å². The topological polar surface area (TPSA) is 52.7 Å². The highest BCUT2D eigenvalue weighted by atomic mass is 16.2. The van der Waals surface area contributed by atoms with Gasteiger partial charge in [0, 0.05) is 50.4 Å². The third-order valence-electron chi connectivity index (χ3n) is 5.82. The molecule has 31 heavy (non-hydrogen) atoms. The molecule has 164 valence electrons. The maximum Gasteiger partial charge on any atom is 0.246 e. The summed E-state index contributed by atoms with van der Waals surface area (Å²) >= 11 is 0. The summed E-state index contributed by atoms with van der Waals surface area (Å²) in [4.78, 5) is 29.1. The molecule has 5 heteroatoms. The first-order valence-electron chi connectivity index (χ1n) is 11.2. The molecule has 2 amide bonds. The second kappa shape index (κ2) is 11.3. The minimum Gasteiger partial charge on any atom is -0.370 e. The first-order valence-corrected chi connectivity index (χ1v) is 11.2. The largest absolute Gasteiger partial charge is 0.370 e. The highest BCUT2D eigenvalue weighted by Gasteiger charge is 2.26. The summed E-state index contributed by atoms with van der Waals surface area (Å²) in [6.45, 7) is 7.78. The van der Waals surface area contributed by atoms with Crippen molar-refractivity contribution in [1.82, 2.24) is 10.2 Å². The molecule has 0 bridgehead atoms. The van der Waals surface area contributed by atoms with Crippen LogP contribution in [0.15, 0.2) is 60.7 Å². The van der Waals surface area contributed by atoms with E-state index in [1.165, 1.54) is 11.3 Å². The van der Waals surface area contributed by atoms with Gasteiger partial charge in [0.2, 0.25) is 11.8 Å². The number of hydrogen-bond donors (Lipinski definition) is 1.